The summed E-state index contributed by atoms with van der Waals surface area (Å²) in [7, 11) is 1.61. The highest BCUT2D eigenvalue weighted by Crippen LogP contribution is 2.48. The Labute approximate surface area is 224 Å². The van der Waals surface area contributed by atoms with Crippen LogP contribution < -0.4 is 19.5 Å². The predicted octanol–water partition coefficient (Wildman–Crippen LogP) is 5.59. The summed E-state index contributed by atoms with van der Waals surface area (Å²) in [6.07, 6.45) is 1.10. The van der Waals surface area contributed by atoms with Crippen molar-refractivity contribution in [3.8, 4) is 17.2 Å². The van der Waals surface area contributed by atoms with Crippen molar-refractivity contribution in [1.82, 2.24) is 5.32 Å². The molecule has 3 aliphatic rings. The number of ether oxygens (including phenoxy) is 4. The molecule has 7 nitrogen and oxygen atoms in total. The van der Waals surface area contributed by atoms with Crippen LogP contribution in [0.2, 0.25) is 0 Å². The molecule has 0 unspecified atom stereocenters. The Morgan fingerprint density at radius 3 is 2.66 bits per heavy atom. The summed E-state index contributed by atoms with van der Waals surface area (Å²) in [4.78, 5) is 28.5. The van der Waals surface area contributed by atoms with E-state index in [4.69, 9.17) is 18.9 Å². The fraction of sp³-hybridized carbons (Fsp3) is 0.267. The summed E-state index contributed by atoms with van der Waals surface area (Å²) in [6, 6.07) is 17.1. The molecule has 0 saturated carbocycles. The monoisotopic (exact) mass is 529 g/mol. The molecular formula is C30H27NO6S. The van der Waals surface area contributed by atoms with Gasteiger partial charge in [0.15, 0.2) is 17.3 Å². The molecule has 1 N–H and O–H groups in total. The number of ketones is 1. The number of dihydropyridines is 1. The third-order valence-corrected chi connectivity index (χ3v) is 8.29. The average molecular weight is 530 g/mol. The summed E-state index contributed by atoms with van der Waals surface area (Å²) in [6.45, 7) is 2.12. The maximum Gasteiger partial charge on any atom is 0.337 e. The van der Waals surface area contributed by atoms with Crippen LogP contribution in [0.5, 0.6) is 17.2 Å². The Bertz CT molecular complexity index is 1450. The molecule has 1 aliphatic carbocycles. The highest BCUT2D eigenvalue weighted by Gasteiger charge is 2.42. The molecule has 38 heavy (non-hydrogen) atoms. The SMILES string of the molecule is COc1ccc(COC(=O)C2=C(C)NC3=C(C(=O)C[C@@H](c4cccs4)C3)[C@@H]2c2ccc3c(c2)OCO3)cc1. The number of allylic oxidation sites excluding steroid dienone is 3. The Hall–Kier alpha value is -4.04. The van der Waals surface area contributed by atoms with Gasteiger partial charge in [0.1, 0.15) is 12.4 Å². The van der Waals surface area contributed by atoms with Crippen LogP contribution in [0.1, 0.15) is 47.6 Å². The van der Waals surface area contributed by atoms with Crippen LogP contribution in [-0.2, 0) is 20.9 Å². The van der Waals surface area contributed by atoms with E-state index < -0.39 is 11.9 Å². The number of thiophene rings is 1. The number of benzene rings is 2. The van der Waals surface area contributed by atoms with Gasteiger partial charge in [0, 0.05) is 40.1 Å². The minimum absolute atomic E-state index is 0.0350. The smallest absolute Gasteiger partial charge is 0.337 e. The molecule has 194 valence electrons. The van der Waals surface area contributed by atoms with Crippen molar-refractivity contribution in [3.63, 3.8) is 0 Å². The summed E-state index contributed by atoms with van der Waals surface area (Å²) in [5.41, 5.74) is 4.24. The molecule has 8 heteroatoms. The highest BCUT2D eigenvalue weighted by atomic mass is 32.1. The number of esters is 1. The van der Waals surface area contributed by atoms with E-state index in [1.807, 2.05) is 60.8 Å². The number of fused-ring (bicyclic) bond motifs is 1. The Balaban J connectivity index is 1.35. The lowest BCUT2D eigenvalue weighted by Crippen LogP contribution is -2.36. The molecule has 1 aromatic heterocycles. The van der Waals surface area contributed by atoms with E-state index in [1.165, 1.54) is 4.88 Å². The first kappa shape index (κ1) is 24.3. The van der Waals surface area contributed by atoms with Crippen LogP contribution in [0, 0.1) is 0 Å². The molecule has 0 spiro atoms. The third-order valence-electron chi connectivity index (χ3n) is 7.25. The van der Waals surface area contributed by atoms with Crippen molar-refractivity contribution in [2.75, 3.05) is 13.9 Å². The molecule has 6 rings (SSSR count). The van der Waals surface area contributed by atoms with Crippen molar-refractivity contribution >= 4 is 23.1 Å². The summed E-state index contributed by atoms with van der Waals surface area (Å²) in [5, 5.41) is 5.44. The first-order valence-electron chi connectivity index (χ1n) is 12.5. The fourth-order valence-corrected chi connectivity index (χ4v) is 6.24. The van der Waals surface area contributed by atoms with Crippen molar-refractivity contribution in [1.29, 1.82) is 0 Å². The second-order valence-electron chi connectivity index (χ2n) is 9.57. The summed E-state index contributed by atoms with van der Waals surface area (Å²) >= 11 is 1.67. The van der Waals surface area contributed by atoms with Gasteiger partial charge in [0.05, 0.1) is 12.7 Å². The molecule has 0 saturated heterocycles. The highest BCUT2D eigenvalue weighted by molar-refractivity contribution is 7.10. The van der Waals surface area contributed by atoms with Gasteiger partial charge in [-0.2, -0.15) is 0 Å². The van der Waals surface area contributed by atoms with Crippen LogP contribution in [0.15, 0.2) is 82.5 Å². The Morgan fingerprint density at radius 2 is 1.89 bits per heavy atom. The van der Waals surface area contributed by atoms with Crippen molar-refractivity contribution in [2.45, 2.75) is 38.2 Å². The van der Waals surface area contributed by atoms with Crippen molar-refractivity contribution < 1.29 is 28.5 Å². The number of hydrogen-bond donors (Lipinski definition) is 1. The minimum Gasteiger partial charge on any atom is -0.497 e. The van der Waals surface area contributed by atoms with Gasteiger partial charge in [-0.15, -0.1) is 11.3 Å². The fourth-order valence-electron chi connectivity index (χ4n) is 5.41. The van der Waals surface area contributed by atoms with E-state index in [-0.39, 0.29) is 25.1 Å². The molecule has 3 heterocycles. The topological polar surface area (TPSA) is 83.1 Å². The van der Waals surface area contributed by atoms with Gasteiger partial charge in [-0.3, -0.25) is 4.79 Å². The van der Waals surface area contributed by atoms with Gasteiger partial charge in [0.25, 0.3) is 0 Å². The predicted molar refractivity (Wildman–Crippen MR) is 142 cm³/mol. The van der Waals surface area contributed by atoms with Gasteiger partial charge in [-0.1, -0.05) is 24.3 Å². The van der Waals surface area contributed by atoms with E-state index >= 15 is 0 Å². The quantitative estimate of drug-likeness (QED) is 0.417. The van der Waals surface area contributed by atoms with Gasteiger partial charge in [-0.25, -0.2) is 4.79 Å². The largest absolute Gasteiger partial charge is 0.497 e. The lowest BCUT2D eigenvalue weighted by atomic mass is 9.72. The third kappa shape index (κ3) is 4.45. The van der Waals surface area contributed by atoms with Gasteiger partial charge in [0.2, 0.25) is 6.79 Å². The van der Waals surface area contributed by atoms with Gasteiger partial charge in [-0.05, 0) is 60.2 Å². The number of nitrogens with one attached hydrogen (secondary N) is 1. The molecular weight excluding hydrogens is 502 g/mol. The van der Waals surface area contributed by atoms with Gasteiger partial charge >= 0.3 is 5.97 Å². The van der Waals surface area contributed by atoms with Crippen LogP contribution in [0.3, 0.4) is 0 Å². The molecule has 0 amide bonds. The van der Waals surface area contributed by atoms with Crippen LogP contribution >= 0.6 is 11.3 Å². The van der Waals surface area contributed by atoms with E-state index in [1.54, 1.807) is 18.4 Å². The number of carbonyl (C=O) groups excluding carboxylic acids is 2. The van der Waals surface area contributed by atoms with Gasteiger partial charge < -0.3 is 24.3 Å². The zero-order valence-corrected chi connectivity index (χ0v) is 21.9. The van der Waals surface area contributed by atoms with Crippen molar-refractivity contribution in [2.24, 2.45) is 0 Å². The van der Waals surface area contributed by atoms with Crippen LogP contribution in [0.25, 0.3) is 0 Å². The molecule has 2 aliphatic heterocycles. The minimum atomic E-state index is -0.569. The van der Waals surface area contributed by atoms with E-state index in [0.29, 0.717) is 41.2 Å². The summed E-state index contributed by atoms with van der Waals surface area (Å²) < 4.78 is 22.1. The number of rotatable bonds is 6. The molecule has 0 bridgehead atoms. The lowest BCUT2D eigenvalue weighted by molar-refractivity contribution is -0.140. The standard InChI is InChI=1S/C30H27NO6S/c1-17-27(30(33)35-15-18-5-8-21(34-2)9-6-18)28(19-7-10-24-25(14-19)37-16-36-24)29-22(31-17)12-20(13-23(29)32)26-4-3-11-38-26/h3-11,14,20,28,31H,12-13,15-16H2,1-2H3/t20-,28+/m0/s1. The molecule has 3 aromatic rings. The lowest BCUT2D eigenvalue weighted by Gasteiger charge is -2.36. The zero-order valence-electron chi connectivity index (χ0n) is 21.1. The first-order chi connectivity index (χ1) is 18.5. The number of Topliss-reactive ketones (excluding diaryl/α,β-unsaturated/α-hetero) is 1. The van der Waals surface area contributed by atoms with Crippen LogP contribution in [-0.4, -0.2) is 25.7 Å². The number of methoxy groups -OCH3 is 1. The number of hydrogen-bond acceptors (Lipinski definition) is 8. The van der Waals surface area contributed by atoms with Crippen LogP contribution in [0.4, 0.5) is 0 Å². The normalized spacial score (nSPS) is 20.2. The number of carbonyl (C=O) groups is 2. The van der Waals surface area contributed by atoms with E-state index in [9.17, 15) is 9.59 Å². The Morgan fingerprint density at radius 1 is 1.08 bits per heavy atom. The van der Waals surface area contributed by atoms with E-state index in [2.05, 4.69) is 11.4 Å². The van der Waals surface area contributed by atoms with Crippen molar-refractivity contribution in [3.05, 3.63) is 98.5 Å². The maximum atomic E-state index is 13.7. The molecule has 2 atom stereocenters. The second-order valence-corrected chi connectivity index (χ2v) is 10.5. The second kappa shape index (κ2) is 10.0. The molecule has 2 aromatic carbocycles. The average Bonchev–Trinajstić information content (AvgIpc) is 3.63. The molecule has 0 radical (unpaired) electrons. The zero-order chi connectivity index (χ0) is 26.2. The molecule has 0 fully saturated rings. The maximum absolute atomic E-state index is 13.7. The Kier molecular flexibility index (Phi) is 6.41. The van der Waals surface area contributed by atoms with E-state index in [0.717, 1.165) is 22.6 Å². The summed E-state index contributed by atoms with van der Waals surface area (Å²) in [5.74, 6) is 1.10. The first-order valence-corrected chi connectivity index (χ1v) is 13.4.